The second kappa shape index (κ2) is 9.78. The first-order chi connectivity index (χ1) is 12.4. The average molecular weight is 367 g/mol. The molecule has 1 N–H and O–H groups in total. The largest absolute Gasteiger partial charge is 0.467 e. The topological polar surface area (TPSA) is 79.0 Å². The van der Waals surface area contributed by atoms with E-state index in [0.717, 1.165) is 38.8 Å². The summed E-state index contributed by atoms with van der Waals surface area (Å²) in [4.78, 5) is 40.4. The molecule has 7 heteroatoms. The molecule has 2 aliphatic rings. The van der Waals surface area contributed by atoms with Crippen molar-refractivity contribution in [1.29, 1.82) is 0 Å². The summed E-state index contributed by atoms with van der Waals surface area (Å²) in [5.41, 5.74) is 0. The number of methoxy groups -OCH3 is 1. The van der Waals surface area contributed by atoms with Crippen molar-refractivity contribution in [2.45, 2.75) is 58.4 Å². The summed E-state index contributed by atoms with van der Waals surface area (Å²) in [6.07, 6.45) is 5.70. The van der Waals surface area contributed by atoms with Crippen LogP contribution in [0.2, 0.25) is 0 Å². The summed E-state index contributed by atoms with van der Waals surface area (Å²) >= 11 is 0. The van der Waals surface area contributed by atoms with Gasteiger partial charge in [-0.15, -0.1) is 0 Å². The second-order valence-corrected chi connectivity index (χ2v) is 7.77. The minimum atomic E-state index is -0.633. The lowest BCUT2D eigenvalue weighted by molar-refractivity contribution is -0.144. The van der Waals surface area contributed by atoms with Crippen molar-refractivity contribution in [1.82, 2.24) is 15.1 Å². The molecule has 2 saturated heterocycles. The summed E-state index contributed by atoms with van der Waals surface area (Å²) in [6, 6.07) is -0.860. The van der Waals surface area contributed by atoms with E-state index >= 15 is 0 Å². The molecule has 2 aliphatic heterocycles. The number of hydrogen-bond acceptors (Lipinski definition) is 4. The fraction of sp³-hybridized carbons (Fsp3) is 0.842. The van der Waals surface area contributed by atoms with Gasteiger partial charge < -0.3 is 19.9 Å². The van der Waals surface area contributed by atoms with Crippen LogP contribution in [0.15, 0.2) is 0 Å². The number of carbonyl (C=O) groups is 3. The predicted molar refractivity (Wildman–Crippen MR) is 98.5 cm³/mol. The van der Waals surface area contributed by atoms with Crippen molar-refractivity contribution >= 4 is 17.9 Å². The second-order valence-electron chi connectivity index (χ2n) is 7.77. The van der Waals surface area contributed by atoms with Gasteiger partial charge >= 0.3 is 12.0 Å². The third kappa shape index (κ3) is 5.61. The standard InChI is InChI=1S/C19H33N3O4/c1-14(2)17(18(24)26-3)20-19(25)22-11-7-15(8-12-22)13-16(23)21-9-5-4-6-10-21/h14-15,17H,4-13H2,1-3H3,(H,20,25). The minimum absolute atomic E-state index is 0.0360. The Bertz CT molecular complexity index is 495. The number of carbonyl (C=O) groups excluding carboxylic acids is 3. The highest BCUT2D eigenvalue weighted by atomic mass is 16.5. The third-order valence-corrected chi connectivity index (χ3v) is 5.47. The number of ether oxygens (including phenoxy) is 1. The van der Waals surface area contributed by atoms with E-state index in [4.69, 9.17) is 4.74 Å². The van der Waals surface area contributed by atoms with Gasteiger partial charge in [0.05, 0.1) is 7.11 Å². The van der Waals surface area contributed by atoms with Crippen LogP contribution in [0.1, 0.15) is 52.4 Å². The summed E-state index contributed by atoms with van der Waals surface area (Å²) < 4.78 is 4.77. The predicted octanol–water partition coefficient (Wildman–Crippen LogP) is 2.01. The molecular weight excluding hydrogens is 334 g/mol. The van der Waals surface area contributed by atoms with E-state index in [1.807, 2.05) is 18.7 Å². The van der Waals surface area contributed by atoms with Crippen LogP contribution >= 0.6 is 0 Å². The Balaban J connectivity index is 1.77. The van der Waals surface area contributed by atoms with Crippen molar-refractivity contribution in [3.63, 3.8) is 0 Å². The quantitative estimate of drug-likeness (QED) is 0.754. The number of rotatable bonds is 5. The van der Waals surface area contributed by atoms with Crippen molar-refractivity contribution in [2.75, 3.05) is 33.3 Å². The molecule has 0 aromatic rings. The minimum Gasteiger partial charge on any atom is -0.467 e. The van der Waals surface area contributed by atoms with Crippen LogP contribution in [0.25, 0.3) is 0 Å². The number of likely N-dealkylation sites (tertiary alicyclic amines) is 2. The number of nitrogens with zero attached hydrogens (tertiary/aromatic N) is 2. The number of amides is 3. The third-order valence-electron chi connectivity index (χ3n) is 5.47. The van der Waals surface area contributed by atoms with Gasteiger partial charge in [-0.3, -0.25) is 4.79 Å². The molecule has 0 bridgehead atoms. The van der Waals surface area contributed by atoms with Crippen LogP contribution in [0, 0.1) is 11.8 Å². The lowest BCUT2D eigenvalue weighted by Gasteiger charge is -2.34. The summed E-state index contributed by atoms with van der Waals surface area (Å²) in [7, 11) is 1.33. The van der Waals surface area contributed by atoms with Crippen molar-refractivity contribution < 1.29 is 19.1 Å². The molecule has 0 aliphatic carbocycles. The number of nitrogens with one attached hydrogen (secondary N) is 1. The van der Waals surface area contributed by atoms with E-state index in [1.54, 1.807) is 4.90 Å². The maximum atomic E-state index is 12.4. The van der Waals surface area contributed by atoms with Crippen LogP contribution < -0.4 is 5.32 Å². The van der Waals surface area contributed by atoms with Crippen molar-refractivity contribution in [2.24, 2.45) is 11.8 Å². The Kier molecular flexibility index (Phi) is 7.72. The van der Waals surface area contributed by atoms with Crippen molar-refractivity contribution in [3.05, 3.63) is 0 Å². The van der Waals surface area contributed by atoms with Gasteiger partial charge in [-0.25, -0.2) is 9.59 Å². The zero-order valence-corrected chi connectivity index (χ0v) is 16.3. The Labute approximate surface area is 156 Å². The molecule has 3 amide bonds. The zero-order chi connectivity index (χ0) is 19.1. The van der Waals surface area contributed by atoms with Gasteiger partial charge in [0.1, 0.15) is 6.04 Å². The van der Waals surface area contributed by atoms with E-state index < -0.39 is 12.0 Å². The van der Waals surface area contributed by atoms with Crippen molar-refractivity contribution in [3.8, 4) is 0 Å². The monoisotopic (exact) mass is 367 g/mol. The lowest BCUT2D eigenvalue weighted by atomic mass is 9.92. The number of urea groups is 1. The normalized spacial score (nSPS) is 20.0. The Morgan fingerprint density at radius 2 is 1.62 bits per heavy atom. The van der Waals surface area contributed by atoms with Crippen LogP contribution in [0.4, 0.5) is 4.79 Å². The van der Waals surface area contributed by atoms with E-state index in [9.17, 15) is 14.4 Å². The maximum Gasteiger partial charge on any atom is 0.328 e. The van der Waals surface area contributed by atoms with Crippen LogP contribution in [0.3, 0.4) is 0 Å². The van der Waals surface area contributed by atoms with Gasteiger partial charge in [0, 0.05) is 32.6 Å². The van der Waals surface area contributed by atoms with E-state index in [2.05, 4.69) is 5.32 Å². The fourth-order valence-electron chi connectivity index (χ4n) is 3.71. The van der Waals surface area contributed by atoms with Crippen LogP contribution in [-0.2, 0) is 14.3 Å². The number of esters is 1. The SMILES string of the molecule is COC(=O)C(NC(=O)N1CCC(CC(=O)N2CCCCC2)CC1)C(C)C. The molecule has 26 heavy (non-hydrogen) atoms. The highest BCUT2D eigenvalue weighted by Crippen LogP contribution is 2.23. The fourth-order valence-corrected chi connectivity index (χ4v) is 3.71. The smallest absolute Gasteiger partial charge is 0.328 e. The van der Waals surface area contributed by atoms with Gasteiger partial charge in [-0.1, -0.05) is 13.8 Å². The molecule has 1 atom stereocenters. The Morgan fingerprint density at radius 3 is 2.15 bits per heavy atom. The first kappa shape index (κ1) is 20.5. The number of hydrogen-bond donors (Lipinski definition) is 1. The van der Waals surface area contributed by atoms with Gasteiger partial charge in [0.25, 0.3) is 0 Å². The van der Waals surface area contributed by atoms with Gasteiger partial charge in [0.15, 0.2) is 0 Å². The Hall–Kier alpha value is -1.79. The maximum absolute atomic E-state index is 12.4. The first-order valence-corrected chi connectivity index (χ1v) is 9.83. The highest BCUT2D eigenvalue weighted by molar-refractivity contribution is 5.83. The van der Waals surface area contributed by atoms with Gasteiger partial charge in [-0.05, 0) is 43.9 Å². The summed E-state index contributed by atoms with van der Waals surface area (Å²) in [6.45, 7) is 6.78. The highest BCUT2D eigenvalue weighted by Gasteiger charge is 2.30. The molecule has 0 aromatic heterocycles. The molecule has 2 fully saturated rings. The Morgan fingerprint density at radius 1 is 1.00 bits per heavy atom. The molecule has 2 rings (SSSR count). The molecule has 0 saturated carbocycles. The molecule has 1 unspecified atom stereocenters. The average Bonchev–Trinajstić information content (AvgIpc) is 2.66. The van der Waals surface area contributed by atoms with E-state index in [-0.39, 0.29) is 17.9 Å². The molecule has 2 heterocycles. The molecule has 0 spiro atoms. The molecule has 148 valence electrons. The van der Waals surface area contributed by atoms with Crippen LogP contribution in [0.5, 0.6) is 0 Å². The lowest BCUT2D eigenvalue weighted by Crippen LogP contribution is -2.52. The number of piperidine rings is 2. The van der Waals surface area contributed by atoms with E-state index in [1.165, 1.54) is 13.5 Å². The molecule has 7 nitrogen and oxygen atoms in total. The first-order valence-electron chi connectivity index (χ1n) is 9.83. The molecular formula is C19H33N3O4. The molecule has 0 aromatic carbocycles. The molecule has 0 radical (unpaired) electrons. The van der Waals surface area contributed by atoms with Gasteiger partial charge in [-0.2, -0.15) is 0 Å². The summed E-state index contributed by atoms with van der Waals surface area (Å²) in [5, 5.41) is 2.78. The van der Waals surface area contributed by atoms with Crippen LogP contribution in [-0.4, -0.2) is 67.0 Å². The van der Waals surface area contributed by atoms with Gasteiger partial charge in [0.2, 0.25) is 5.91 Å². The zero-order valence-electron chi connectivity index (χ0n) is 16.3. The summed E-state index contributed by atoms with van der Waals surface area (Å²) in [5.74, 6) is 0.148. The van der Waals surface area contributed by atoms with E-state index in [0.29, 0.717) is 25.4 Å².